The van der Waals surface area contributed by atoms with Crippen LogP contribution in [0, 0.1) is 0 Å². The first-order chi connectivity index (χ1) is 13.7. The fourth-order valence-electron chi connectivity index (χ4n) is 3.93. The van der Waals surface area contributed by atoms with Crippen LogP contribution in [-0.4, -0.2) is 53.6 Å². The Balaban J connectivity index is 1.27. The summed E-state index contributed by atoms with van der Waals surface area (Å²) in [5.74, 6) is 0.617. The minimum absolute atomic E-state index is 0.251. The number of benzene rings is 2. The average molecular weight is 377 g/mol. The molecule has 4 rings (SSSR count). The third kappa shape index (κ3) is 4.20. The molecular formula is C23H27N3O2. The van der Waals surface area contributed by atoms with Crippen molar-refractivity contribution in [2.45, 2.75) is 25.3 Å². The van der Waals surface area contributed by atoms with Gasteiger partial charge in [-0.3, -0.25) is 0 Å². The molecule has 0 bridgehead atoms. The lowest BCUT2D eigenvalue weighted by atomic mass is 10.0. The van der Waals surface area contributed by atoms with Crippen LogP contribution in [0.15, 0.2) is 60.8 Å². The highest BCUT2D eigenvalue weighted by Crippen LogP contribution is 2.26. The van der Waals surface area contributed by atoms with Crippen LogP contribution >= 0.6 is 0 Å². The minimum Gasteiger partial charge on any atom is -0.409 e. The van der Waals surface area contributed by atoms with Gasteiger partial charge in [-0.1, -0.05) is 36.4 Å². The second-order valence-electron chi connectivity index (χ2n) is 7.50. The van der Waals surface area contributed by atoms with Gasteiger partial charge in [-0.25, -0.2) is 4.79 Å². The maximum absolute atomic E-state index is 12.6. The van der Waals surface area contributed by atoms with E-state index in [-0.39, 0.29) is 6.09 Å². The van der Waals surface area contributed by atoms with Crippen molar-refractivity contribution in [1.29, 1.82) is 0 Å². The number of piperidine rings is 1. The van der Waals surface area contributed by atoms with Crippen LogP contribution in [0.2, 0.25) is 0 Å². The summed E-state index contributed by atoms with van der Waals surface area (Å²) in [7, 11) is 2.19. The summed E-state index contributed by atoms with van der Waals surface area (Å²) in [4.78, 5) is 20.0. The molecule has 2 aromatic carbocycles. The van der Waals surface area contributed by atoms with Crippen molar-refractivity contribution in [3.63, 3.8) is 0 Å². The fourth-order valence-corrected chi connectivity index (χ4v) is 3.93. The molecule has 2 heterocycles. The third-order valence-electron chi connectivity index (χ3n) is 5.69. The van der Waals surface area contributed by atoms with Crippen LogP contribution in [0.5, 0.6) is 5.75 Å². The molecule has 1 fully saturated rings. The molecule has 0 spiro atoms. The number of ether oxygens (including phenoxy) is 1. The Morgan fingerprint density at radius 2 is 1.89 bits per heavy atom. The highest BCUT2D eigenvalue weighted by atomic mass is 16.6. The number of H-pyrrole nitrogens is 1. The number of carbonyl (C=O) groups excluding carboxylic acids is 1. The Morgan fingerprint density at radius 3 is 2.68 bits per heavy atom. The predicted octanol–water partition coefficient (Wildman–Crippen LogP) is 4.31. The number of aromatic nitrogens is 1. The van der Waals surface area contributed by atoms with Crippen LogP contribution in [0.4, 0.5) is 4.79 Å². The largest absolute Gasteiger partial charge is 0.415 e. The van der Waals surface area contributed by atoms with Crippen LogP contribution < -0.4 is 4.74 Å². The monoisotopic (exact) mass is 377 g/mol. The number of amides is 1. The van der Waals surface area contributed by atoms with Crippen LogP contribution in [-0.2, 0) is 6.42 Å². The average Bonchev–Trinajstić information content (AvgIpc) is 3.23. The lowest BCUT2D eigenvalue weighted by molar-refractivity contribution is 0.111. The zero-order chi connectivity index (χ0) is 19.3. The molecule has 1 aliphatic heterocycles. The van der Waals surface area contributed by atoms with Crippen LogP contribution in [0.25, 0.3) is 10.9 Å². The first kappa shape index (κ1) is 18.6. The van der Waals surface area contributed by atoms with Gasteiger partial charge in [-0.05, 0) is 50.1 Å². The van der Waals surface area contributed by atoms with E-state index in [2.05, 4.69) is 47.3 Å². The van der Waals surface area contributed by atoms with Crippen molar-refractivity contribution in [3.8, 4) is 5.75 Å². The second-order valence-corrected chi connectivity index (χ2v) is 7.50. The lowest BCUT2D eigenvalue weighted by Crippen LogP contribution is -2.46. The molecule has 1 N–H and O–H groups in total. The highest BCUT2D eigenvalue weighted by molar-refractivity contribution is 5.88. The van der Waals surface area contributed by atoms with Gasteiger partial charge in [-0.15, -0.1) is 0 Å². The third-order valence-corrected chi connectivity index (χ3v) is 5.69. The van der Waals surface area contributed by atoms with E-state index in [1.54, 1.807) is 0 Å². The molecule has 1 aliphatic rings. The maximum atomic E-state index is 12.6. The van der Waals surface area contributed by atoms with Crippen molar-refractivity contribution < 1.29 is 9.53 Å². The molecule has 5 heteroatoms. The van der Waals surface area contributed by atoms with Crippen LogP contribution in [0.1, 0.15) is 18.4 Å². The first-order valence-electron chi connectivity index (χ1n) is 9.98. The van der Waals surface area contributed by atoms with E-state index in [1.165, 1.54) is 5.56 Å². The predicted molar refractivity (Wildman–Crippen MR) is 112 cm³/mol. The molecule has 1 saturated heterocycles. The van der Waals surface area contributed by atoms with Gasteiger partial charge in [0.2, 0.25) is 0 Å². The molecule has 146 valence electrons. The maximum Gasteiger partial charge on any atom is 0.415 e. The summed E-state index contributed by atoms with van der Waals surface area (Å²) in [5, 5.41) is 0.936. The molecule has 0 aliphatic carbocycles. The van der Waals surface area contributed by atoms with Gasteiger partial charge in [0.1, 0.15) is 5.75 Å². The summed E-state index contributed by atoms with van der Waals surface area (Å²) >= 11 is 0. The van der Waals surface area contributed by atoms with Crippen molar-refractivity contribution in [1.82, 2.24) is 14.8 Å². The van der Waals surface area contributed by atoms with Gasteiger partial charge in [0.15, 0.2) is 0 Å². The number of likely N-dealkylation sites (N-methyl/N-ethyl adjacent to an activating group) is 1. The van der Waals surface area contributed by atoms with Crippen molar-refractivity contribution in [2.75, 3.05) is 26.7 Å². The molecule has 1 aromatic heterocycles. The summed E-state index contributed by atoms with van der Waals surface area (Å²) in [5.41, 5.74) is 2.35. The van der Waals surface area contributed by atoms with Gasteiger partial charge >= 0.3 is 6.09 Å². The smallest absolute Gasteiger partial charge is 0.409 e. The number of hydrogen-bond donors (Lipinski definition) is 1. The van der Waals surface area contributed by atoms with Crippen molar-refractivity contribution in [3.05, 3.63) is 66.4 Å². The molecule has 0 atom stereocenters. The Kier molecular flexibility index (Phi) is 5.63. The van der Waals surface area contributed by atoms with Gasteiger partial charge in [0, 0.05) is 42.8 Å². The minimum atomic E-state index is -0.251. The number of nitrogens with zero attached hydrogens (tertiary/aromatic N) is 2. The molecular weight excluding hydrogens is 350 g/mol. The zero-order valence-electron chi connectivity index (χ0n) is 16.3. The summed E-state index contributed by atoms with van der Waals surface area (Å²) in [6.45, 7) is 2.51. The Bertz CT molecular complexity index is 914. The summed E-state index contributed by atoms with van der Waals surface area (Å²) < 4.78 is 5.68. The van der Waals surface area contributed by atoms with E-state index in [0.29, 0.717) is 11.8 Å². The quantitative estimate of drug-likeness (QED) is 0.721. The Labute approximate surface area is 165 Å². The first-order valence-corrected chi connectivity index (χ1v) is 9.98. The number of rotatable bonds is 5. The van der Waals surface area contributed by atoms with E-state index in [0.717, 1.165) is 49.8 Å². The van der Waals surface area contributed by atoms with Crippen molar-refractivity contribution in [2.24, 2.45) is 0 Å². The van der Waals surface area contributed by atoms with Crippen molar-refractivity contribution >= 4 is 17.0 Å². The van der Waals surface area contributed by atoms with Crippen LogP contribution in [0.3, 0.4) is 0 Å². The van der Waals surface area contributed by atoms with E-state index >= 15 is 0 Å². The molecule has 28 heavy (non-hydrogen) atoms. The standard InChI is InChI=1S/C23H27N3O2/c1-25(15-11-18-6-3-2-4-7-18)19-12-16-26(17-13-19)23(27)28-22-9-5-8-21-20(22)10-14-24-21/h2-10,14,19,24H,11-13,15-17H2,1H3. The number of nitrogens with one attached hydrogen (secondary N) is 1. The fraction of sp³-hybridized carbons (Fsp3) is 0.348. The topological polar surface area (TPSA) is 48.6 Å². The van der Waals surface area contributed by atoms with E-state index < -0.39 is 0 Å². The zero-order valence-corrected chi connectivity index (χ0v) is 16.3. The number of carbonyl (C=O) groups is 1. The molecule has 0 unspecified atom stereocenters. The lowest BCUT2D eigenvalue weighted by Gasteiger charge is -2.36. The number of aromatic amines is 1. The normalized spacial score (nSPS) is 15.3. The van der Waals surface area contributed by atoms with E-state index in [1.807, 2.05) is 35.4 Å². The van der Waals surface area contributed by atoms with Gasteiger partial charge in [-0.2, -0.15) is 0 Å². The Hall–Kier alpha value is -2.79. The van der Waals surface area contributed by atoms with Gasteiger partial charge in [0.05, 0.1) is 0 Å². The summed E-state index contributed by atoms with van der Waals surface area (Å²) in [6, 6.07) is 18.8. The molecule has 5 nitrogen and oxygen atoms in total. The molecule has 0 radical (unpaired) electrons. The second kappa shape index (κ2) is 8.48. The number of fused-ring (bicyclic) bond motifs is 1. The van der Waals surface area contributed by atoms with Gasteiger partial charge in [0.25, 0.3) is 0 Å². The van der Waals surface area contributed by atoms with E-state index in [9.17, 15) is 4.79 Å². The number of hydrogen-bond acceptors (Lipinski definition) is 3. The number of likely N-dealkylation sites (tertiary alicyclic amines) is 1. The molecule has 1 amide bonds. The Morgan fingerprint density at radius 1 is 1.11 bits per heavy atom. The highest BCUT2D eigenvalue weighted by Gasteiger charge is 2.26. The molecule has 0 saturated carbocycles. The van der Waals surface area contributed by atoms with Gasteiger partial charge < -0.3 is 19.5 Å². The molecule has 3 aromatic rings. The van der Waals surface area contributed by atoms with E-state index in [4.69, 9.17) is 4.74 Å². The summed E-state index contributed by atoms with van der Waals surface area (Å²) in [6.07, 6.45) is 4.63. The SMILES string of the molecule is CN(CCc1ccccc1)C1CCN(C(=O)Oc2cccc3[nH]ccc23)CC1.